The number of nitrogens with one attached hydrogen (secondary N) is 1. The third-order valence-corrected chi connectivity index (χ3v) is 4.56. The van der Waals surface area contributed by atoms with Gasteiger partial charge in [-0.1, -0.05) is 25.3 Å². The Kier molecular flexibility index (Phi) is 4.89. The van der Waals surface area contributed by atoms with Gasteiger partial charge in [0.15, 0.2) is 11.5 Å². The smallest absolute Gasteiger partial charge is 0.157 e. The number of rotatable bonds is 5. The van der Waals surface area contributed by atoms with Crippen LogP contribution in [0, 0.1) is 0 Å². The highest BCUT2D eigenvalue weighted by Crippen LogP contribution is 2.31. The molecule has 0 spiro atoms. The molecular weight excluding hydrogens is 252 g/mol. The molecule has 0 aliphatic heterocycles. The molecule has 4 nitrogen and oxygen atoms in total. The number of likely N-dealkylation sites (N-methyl/N-ethyl adjacent to an activating group) is 1. The van der Waals surface area contributed by atoms with E-state index in [0.717, 1.165) is 12.1 Å². The van der Waals surface area contributed by atoms with Crippen LogP contribution in [0.1, 0.15) is 37.7 Å². The maximum atomic E-state index is 9.50. The lowest BCUT2D eigenvalue weighted by Gasteiger charge is -2.43. The molecule has 112 valence electrons. The Balaban J connectivity index is 1.91. The third kappa shape index (κ3) is 3.44. The number of hydrogen-bond donors (Lipinski definition) is 3. The second kappa shape index (κ2) is 6.46. The van der Waals surface area contributed by atoms with Gasteiger partial charge in [-0.05, 0) is 44.6 Å². The molecule has 20 heavy (non-hydrogen) atoms. The van der Waals surface area contributed by atoms with Gasteiger partial charge in [-0.2, -0.15) is 0 Å². The van der Waals surface area contributed by atoms with E-state index in [1.807, 2.05) is 6.07 Å². The van der Waals surface area contributed by atoms with Gasteiger partial charge in [0.1, 0.15) is 0 Å². The number of phenols is 2. The summed E-state index contributed by atoms with van der Waals surface area (Å²) in [6.07, 6.45) is 6.45. The number of benzene rings is 1. The van der Waals surface area contributed by atoms with E-state index in [4.69, 9.17) is 0 Å². The molecule has 0 atom stereocenters. The summed E-state index contributed by atoms with van der Waals surface area (Å²) in [5.74, 6) is -0.116. The number of aromatic hydroxyl groups is 2. The highest BCUT2D eigenvalue weighted by molar-refractivity contribution is 5.40. The van der Waals surface area contributed by atoms with E-state index in [0.29, 0.717) is 6.54 Å². The van der Waals surface area contributed by atoms with Crippen LogP contribution in [-0.4, -0.2) is 41.3 Å². The standard InChI is InChI=1S/C16H26N2O2/c1-18(2)16(8-4-3-5-9-16)12-17-11-13-6-7-14(19)15(20)10-13/h6-7,10,17,19-20H,3-5,8-9,11-12H2,1-2H3. The number of hydrogen-bond acceptors (Lipinski definition) is 4. The molecule has 0 bridgehead atoms. The van der Waals surface area contributed by atoms with E-state index in [9.17, 15) is 10.2 Å². The van der Waals surface area contributed by atoms with Crippen LogP contribution in [0.4, 0.5) is 0 Å². The molecule has 1 fully saturated rings. The molecule has 1 aliphatic carbocycles. The SMILES string of the molecule is CN(C)C1(CNCc2ccc(O)c(O)c2)CCCCC1. The minimum absolute atomic E-state index is 0.0516. The highest BCUT2D eigenvalue weighted by Gasteiger charge is 2.33. The Morgan fingerprint density at radius 2 is 1.80 bits per heavy atom. The maximum absolute atomic E-state index is 9.50. The van der Waals surface area contributed by atoms with Gasteiger partial charge in [0.25, 0.3) is 0 Å². The molecule has 0 heterocycles. The second-order valence-electron chi connectivity index (χ2n) is 6.11. The van der Waals surface area contributed by atoms with Gasteiger partial charge in [-0.15, -0.1) is 0 Å². The summed E-state index contributed by atoms with van der Waals surface area (Å²) in [7, 11) is 4.33. The normalized spacial score (nSPS) is 18.4. The number of phenolic OH excluding ortho intramolecular Hbond substituents is 2. The van der Waals surface area contributed by atoms with Crippen LogP contribution in [0.5, 0.6) is 11.5 Å². The van der Waals surface area contributed by atoms with Crippen molar-refractivity contribution in [2.24, 2.45) is 0 Å². The van der Waals surface area contributed by atoms with Gasteiger partial charge in [-0.25, -0.2) is 0 Å². The van der Waals surface area contributed by atoms with Gasteiger partial charge in [0.2, 0.25) is 0 Å². The topological polar surface area (TPSA) is 55.7 Å². The van der Waals surface area contributed by atoms with E-state index < -0.39 is 0 Å². The van der Waals surface area contributed by atoms with E-state index in [-0.39, 0.29) is 17.0 Å². The molecule has 0 unspecified atom stereocenters. The average Bonchev–Trinajstić information content (AvgIpc) is 2.44. The average molecular weight is 278 g/mol. The zero-order valence-corrected chi connectivity index (χ0v) is 12.5. The monoisotopic (exact) mass is 278 g/mol. The van der Waals surface area contributed by atoms with Crippen molar-refractivity contribution in [3.8, 4) is 11.5 Å². The largest absolute Gasteiger partial charge is 0.504 e. The lowest BCUT2D eigenvalue weighted by atomic mass is 9.80. The van der Waals surface area contributed by atoms with Gasteiger partial charge in [0, 0.05) is 18.6 Å². The maximum Gasteiger partial charge on any atom is 0.157 e. The second-order valence-corrected chi connectivity index (χ2v) is 6.11. The van der Waals surface area contributed by atoms with Crippen molar-refractivity contribution in [1.29, 1.82) is 0 Å². The fourth-order valence-corrected chi connectivity index (χ4v) is 3.11. The molecule has 2 rings (SSSR count). The summed E-state index contributed by atoms with van der Waals surface area (Å²) >= 11 is 0. The molecule has 3 N–H and O–H groups in total. The molecule has 1 aromatic rings. The molecule has 1 aliphatic rings. The minimum atomic E-state index is -0.0641. The molecule has 1 saturated carbocycles. The first-order chi connectivity index (χ1) is 9.53. The van der Waals surface area contributed by atoms with Crippen LogP contribution >= 0.6 is 0 Å². The van der Waals surface area contributed by atoms with Crippen molar-refractivity contribution in [3.05, 3.63) is 23.8 Å². The first-order valence-corrected chi connectivity index (χ1v) is 7.42. The van der Waals surface area contributed by atoms with E-state index in [1.165, 1.54) is 38.2 Å². The van der Waals surface area contributed by atoms with Crippen LogP contribution in [0.25, 0.3) is 0 Å². The van der Waals surface area contributed by atoms with Crippen molar-refractivity contribution in [2.75, 3.05) is 20.6 Å². The molecule has 1 aromatic carbocycles. The molecule has 4 heteroatoms. The first kappa shape index (κ1) is 15.1. The van der Waals surface area contributed by atoms with Crippen molar-refractivity contribution in [2.45, 2.75) is 44.2 Å². The summed E-state index contributed by atoms with van der Waals surface area (Å²) in [4.78, 5) is 2.35. The van der Waals surface area contributed by atoms with Crippen LogP contribution in [0.2, 0.25) is 0 Å². The summed E-state index contributed by atoms with van der Waals surface area (Å²) in [6, 6.07) is 4.99. The van der Waals surface area contributed by atoms with Crippen LogP contribution < -0.4 is 5.32 Å². The lowest BCUT2D eigenvalue weighted by Crippen LogP contribution is -2.52. The van der Waals surface area contributed by atoms with Gasteiger partial charge < -0.3 is 20.4 Å². The first-order valence-electron chi connectivity index (χ1n) is 7.42. The summed E-state index contributed by atoms with van der Waals surface area (Å²) in [5, 5.41) is 22.3. The molecule has 0 saturated heterocycles. The predicted octanol–water partition coefficient (Wildman–Crippen LogP) is 2.45. The predicted molar refractivity (Wildman–Crippen MR) is 81.0 cm³/mol. The van der Waals surface area contributed by atoms with E-state index in [2.05, 4.69) is 24.3 Å². The Labute approximate surface area is 121 Å². The lowest BCUT2D eigenvalue weighted by molar-refractivity contribution is 0.0984. The zero-order chi connectivity index (χ0) is 14.6. The highest BCUT2D eigenvalue weighted by atomic mass is 16.3. The van der Waals surface area contributed by atoms with E-state index >= 15 is 0 Å². The molecular formula is C16H26N2O2. The van der Waals surface area contributed by atoms with Crippen LogP contribution in [0.15, 0.2) is 18.2 Å². The van der Waals surface area contributed by atoms with Gasteiger partial charge >= 0.3 is 0 Å². The quantitative estimate of drug-likeness (QED) is 0.724. The fraction of sp³-hybridized carbons (Fsp3) is 0.625. The van der Waals surface area contributed by atoms with Crippen LogP contribution in [0.3, 0.4) is 0 Å². The van der Waals surface area contributed by atoms with E-state index in [1.54, 1.807) is 6.07 Å². The molecule has 0 aromatic heterocycles. The minimum Gasteiger partial charge on any atom is -0.504 e. The Hall–Kier alpha value is -1.26. The Morgan fingerprint density at radius 1 is 1.10 bits per heavy atom. The molecule has 0 amide bonds. The Morgan fingerprint density at radius 3 is 2.40 bits per heavy atom. The van der Waals surface area contributed by atoms with Crippen molar-refractivity contribution >= 4 is 0 Å². The summed E-state index contributed by atoms with van der Waals surface area (Å²) in [5.41, 5.74) is 1.25. The van der Waals surface area contributed by atoms with Crippen molar-refractivity contribution in [3.63, 3.8) is 0 Å². The Bertz CT molecular complexity index is 440. The van der Waals surface area contributed by atoms with Gasteiger partial charge in [0.05, 0.1) is 0 Å². The zero-order valence-electron chi connectivity index (χ0n) is 12.5. The summed E-state index contributed by atoms with van der Waals surface area (Å²) < 4.78 is 0. The fourth-order valence-electron chi connectivity index (χ4n) is 3.11. The molecule has 0 radical (unpaired) electrons. The van der Waals surface area contributed by atoms with Crippen LogP contribution in [-0.2, 0) is 6.54 Å². The van der Waals surface area contributed by atoms with Gasteiger partial charge in [-0.3, -0.25) is 0 Å². The number of nitrogens with zero attached hydrogens (tertiary/aromatic N) is 1. The third-order valence-electron chi connectivity index (χ3n) is 4.56. The van der Waals surface area contributed by atoms with Crippen molar-refractivity contribution < 1.29 is 10.2 Å². The van der Waals surface area contributed by atoms with Crippen molar-refractivity contribution in [1.82, 2.24) is 10.2 Å². The summed E-state index contributed by atoms with van der Waals surface area (Å²) in [6.45, 7) is 1.67.